The van der Waals surface area contributed by atoms with Crippen LogP contribution in [0.15, 0.2) is 42.5 Å². The van der Waals surface area contributed by atoms with E-state index in [4.69, 9.17) is 10.00 Å². The molecule has 1 heterocycles. The van der Waals surface area contributed by atoms with Crippen LogP contribution >= 0.6 is 11.3 Å². The predicted molar refractivity (Wildman–Crippen MR) is 86.3 cm³/mol. The SMILES string of the molecule is COc1ccc2nc(/C=C/c3cccc(C#N)c3)sc2c1. The van der Waals surface area contributed by atoms with Gasteiger partial charge >= 0.3 is 0 Å². The fourth-order valence-electron chi connectivity index (χ4n) is 2.00. The van der Waals surface area contributed by atoms with Crippen LogP contribution in [0.5, 0.6) is 5.75 Å². The summed E-state index contributed by atoms with van der Waals surface area (Å²) in [6.45, 7) is 0. The van der Waals surface area contributed by atoms with E-state index in [-0.39, 0.29) is 0 Å². The molecule has 2 aromatic carbocycles. The fraction of sp³-hybridized carbons (Fsp3) is 0.0588. The molecule has 4 heteroatoms. The van der Waals surface area contributed by atoms with Crippen LogP contribution in [-0.2, 0) is 0 Å². The normalized spacial score (nSPS) is 10.9. The number of ether oxygens (including phenoxy) is 1. The lowest BCUT2D eigenvalue weighted by atomic mass is 10.1. The third-order valence-corrected chi connectivity index (χ3v) is 4.03. The highest BCUT2D eigenvalue weighted by molar-refractivity contribution is 7.19. The topological polar surface area (TPSA) is 45.9 Å². The van der Waals surface area contributed by atoms with Gasteiger partial charge in [0.2, 0.25) is 0 Å². The molecule has 0 fully saturated rings. The molecule has 0 unspecified atom stereocenters. The van der Waals surface area contributed by atoms with Crippen LogP contribution in [0.3, 0.4) is 0 Å². The summed E-state index contributed by atoms with van der Waals surface area (Å²) >= 11 is 1.61. The molecule has 3 nitrogen and oxygen atoms in total. The lowest BCUT2D eigenvalue weighted by Gasteiger charge is -1.96. The van der Waals surface area contributed by atoms with Crippen molar-refractivity contribution in [2.24, 2.45) is 0 Å². The maximum absolute atomic E-state index is 8.90. The largest absolute Gasteiger partial charge is 0.497 e. The Morgan fingerprint density at radius 1 is 1.19 bits per heavy atom. The molecule has 0 atom stereocenters. The first-order valence-corrected chi connectivity index (χ1v) is 7.23. The quantitative estimate of drug-likeness (QED) is 0.721. The van der Waals surface area contributed by atoms with E-state index >= 15 is 0 Å². The minimum absolute atomic E-state index is 0.659. The summed E-state index contributed by atoms with van der Waals surface area (Å²) in [6.07, 6.45) is 3.93. The summed E-state index contributed by atoms with van der Waals surface area (Å²) in [7, 11) is 1.66. The van der Waals surface area contributed by atoms with Crippen molar-refractivity contribution in [2.75, 3.05) is 7.11 Å². The lowest BCUT2D eigenvalue weighted by Crippen LogP contribution is -1.80. The number of nitrogens with zero attached hydrogens (tertiary/aromatic N) is 2. The number of methoxy groups -OCH3 is 1. The average molecular weight is 292 g/mol. The molecule has 1 aromatic heterocycles. The standard InChI is InChI=1S/C17H12N2OS/c1-20-14-6-7-15-16(10-14)21-17(19-15)8-5-12-3-2-4-13(9-12)11-18/h2-10H,1H3/b8-5+. The van der Waals surface area contributed by atoms with Crippen LogP contribution in [0, 0.1) is 11.3 Å². The Balaban J connectivity index is 1.90. The molecule has 0 saturated carbocycles. The monoisotopic (exact) mass is 292 g/mol. The molecule has 0 aliphatic carbocycles. The number of hydrogen-bond acceptors (Lipinski definition) is 4. The van der Waals surface area contributed by atoms with Crippen LogP contribution in [0.25, 0.3) is 22.4 Å². The van der Waals surface area contributed by atoms with Crippen molar-refractivity contribution in [1.29, 1.82) is 5.26 Å². The van der Waals surface area contributed by atoms with Crippen molar-refractivity contribution in [2.45, 2.75) is 0 Å². The zero-order valence-electron chi connectivity index (χ0n) is 11.4. The molecular formula is C17H12N2OS. The van der Waals surface area contributed by atoms with E-state index < -0.39 is 0 Å². The van der Waals surface area contributed by atoms with Gasteiger partial charge in [0.25, 0.3) is 0 Å². The second-order valence-electron chi connectivity index (χ2n) is 4.46. The molecule has 3 aromatic rings. The number of benzene rings is 2. The average Bonchev–Trinajstić information content (AvgIpc) is 2.95. The number of aromatic nitrogens is 1. The van der Waals surface area contributed by atoms with Gasteiger partial charge in [-0.15, -0.1) is 11.3 Å². The van der Waals surface area contributed by atoms with Gasteiger partial charge in [0.15, 0.2) is 0 Å². The van der Waals surface area contributed by atoms with Crippen LogP contribution in [0.2, 0.25) is 0 Å². The Bertz CT molecular complexity index is 859. The first kappa shape index (κ1) is 13.3. The van der Waals surface area contributed by atoms with E-state index in [9.17, 15) is 0 Å². The highest BCUT2D eigenvalue weighted by Crippen LogP contribution is 2.27. The molecule has 0 N–H and O–H groups in total. The fourth-order valence-corrected chi connectivity index (χ4v) is 2.90. The molecule has 0 aliphatic heterocycles. The Labute approximate surface area is 126 Å². The van der Waals surface area contributed by atoms with Gasteiger partial charge in [0.1, 0.15) is 10.8 Å². The lowest BCUT2D eigenvalue weighted by molar-refractivity contribution is 0.415. The Hall–Kier alpha value is -2.64. The van der Waals surface area contributed by atoms with Crippen molar-refractivity contribution in [3.05, 3.63) is 58.6 Å². The first-order chi connectivity index (χ1) is 10.3. The van der Waals surface area contributed by atoms with Gasteiger partial charge < -0.3 is 4.74 Å². The number of fused-ring (bicyclic) bond motifs is 1. The zero-order chi connectivity index (χ0) is 14.7. The Kier molecular flexibility index (Phi) is 3.67. The van der Waals surface area contributed by atoms with Gasteiger partial charge in [0.05, 0.1) is 29.0 Å². The van der Waals surface area contributed by atoms with Crippen molar-refractivity contribution < 1.29 is 4.74 Å². The summed E-state index contributed by atoms with van der Waals surface area (Å²) in [5, 5.41) is 9.83. The zero-order valence-corrected chi connectivity index (χ0v) is 12.2. The number of thiazole rings is 1. The van der Waals surface area contributed by atoms with Crippen molar-refractivity contribution in [3.8, 4) is 11.8 Å². The van der Waals surface area contributed by atoms with Gasteiger partial charge in [-0.2, -0.15) is 5.26 Å². The molecule has 21 heavy (non-hydrogen) atoms. The molecule has 3 rings (SSSR count). The molecule has 0 aliphatic rings. The minimum atomic E-state index is 0.659. The van der Waals surface area contributed by atoms with E-state index in [0.29, 0.717) is 5.56 Å². The Morgan fingerprint density at radius 3 is 2.90 bits per heavy atom. The Morgan fingerprint density at radius 2 is 2.10 bits per heavy atom. The van der Waals surface area contributed by atoms with Gasteiger partial charge in [-0.1, -0.05) is 18.2 Å². The second-order valence-corrected chi connectivity index (χ2v) is 5.52. The molecule has 0 bridgehead atoms. The van der Waals surface area contributed by atoms with E-state index in [1.165, 1.54) is 0 Å². The summed E-state index contributed by atoms with van der Waals surface area (Å²) in [5.41, 5.74) is 2.61. The van der Waals surface area contributed by atoms with Crippen LogP contribution in [-0.4, -0.2) is 12.1 Å². The van der Waals surface area contributed by atoms with Crippen LogP contribution < -0.4 is 4.74 Å². The summed E-state index contributed by atoms with van der Waals surface area (Å²) in [4.78, 5) is 4.56. The van der Waals surface area contributed by atoms with Crippen LogP contribution in [0.4, 0.5) is 0 Å². The predicted octanol–water partition coefficient (Wildman–Crippen LogP) is 4.35. The third kappa shape index (κ3) is 2.93. The molecule has 0 radical (unpaired) electrons. The van der Waals surface area contributed by atoms with Crippen molar-refractivity contribution in [1.82, 2.24) is 4.98 Å². The molecule has 0 saturated heterocycles. The van der Waals surface area contributed by atoms with Gasteiger partial charge in [-0.3, -0.25) is 0 Å². The van der Waals surface area contributed by atoms with Gasteiger partial charge in [-0.05, 0) is 42.0 Å². The summed E-state index contributed by atoms with van der Waals surface area (Å²) < 4.78 is 6.31. The van der Waals surface area contributed by atoms with Gasteiger partial charge in [0, 0.05) is 0 Å². The minimum Gasteiger partial charge on any atom is -0.497 e. The smallest absolute Gasteiger partial charge is 0.120 e. The maximum Gasteiger partial charge on any atom is 0.120 e. The second kappa shape index (κ2) is 5.78. The third-order valence-electron chi connectivity index (χ3n) is 3.05. The van der Waals surface area contributed by atoms with E-state index in [2.05, 4.69) is 11.1 Å². The van der Waals surface area contributed by atoms with Gasteiger partial charge in [-0.25, -0.2) is 4.98 Å². The first-order valence-electron chi connectivity index (χ1n) is 6.41. The molecule has 0 amide bonds. The summed E-state index contributed by atoms with van der Waals surface area (Å²) in [6, 6.07) is 15.5. The molecule has 0 spiro atoms. The van der Waals surface area contributed by atoms with E-state index in [1.807, 2.05) is 48.6 Å². The van der Waals surface area contributed by atoms with Crippen LogP contribution in [0.1, 0.15) is 16.1 Å². The maximum atomic E-state index is 8.90. The summed E-state index contributed by atoms with van der Waals surface area (Å²) in [5.74, 6) is 0.836. The molecular weight excluding hydrogens is 280 g/mol. The molecule has 102 valence electrons. The highest BCUT2D eigenvalue weighted by atomic mass is 32.1. The number of hydrogen-bond donors (Lipinski definition) is 0. The number of nitriles is 1. The number of rotatable bonds is 3. The van der Waals surface area contributed by atoms with Crippen molar-refractivity contribution in [3.63, 3.8) is 0 Å². The van der Waals surface area contributed by atoms with Crippen molar-refractivity contribution >= 4 is 33.7 Å². The van der Waals surface area contributed by atoms with E-state index in [1.54, 1.807) is 24.5 Å². The highest BCUT2D eigenvalue weighted by Gasteiger charge is 2.02. The van der Waals surface area contributed by atoms with E-state index in [0.717, 1.165) is 26.5 Å².